The summed E-state index contributed by atoms with van der Waals surface area (Å²) in [5.74, 6) is 0.0489. The van der Waals surface area contributed by atoms with Crippen LogP contribution in [-0.4, -0.2) is 58.9 Å². The normalized spacial score (nSPS) is 20.2. The van der Waals surface area contributed by atoms with Crippen LogP contribution < -0.4 is 0 Å². The minimum Gasteiger partial charge on any atom is -0.343 e. The first kappa shape index (κ1) is 21.6. The molecule has 1 amide bonds. The summed E-state index contributed by atoms with van der Waals surface area (Å²) < 4.78 is 2.74. The number of carbonyl (C=O) groups is 2. The summed E-state index contributed by atoms with van der Waals surface area (Å²) in [5.41, 5.74) is 4.50. The lowest BCUT2D eigenvalue weighted by Gasteiger charge is -2.40. The van der Waals surface area contributed by atoms with Crippen molar-refractivity contribution in [2.45, 2.75) is 26.3 Å². The topological polar surface area (TPSA) is 45.6 Å². The Labute approximate surface area is 200 Å². The fraction of sp³-hybridized carbons (Fsp3) is 0.360. The molecule has 32 heavy (non-hydrogen) atoms. The highest BCUT2D eigenvalue weighted by molar-refractivity contribution is 9.11. The predicted molar refractivity (Wildman–Crippen MR) is 133 cm³/mol. The number of hydrogen-bond donors (Lipinski definition) is 0. The second-order valence-electron chi connectivity index (χ2n) is 8.53. The third-order valence-corrected chi connectivity index (χ3v) is 8.40. The van der Waals surface area contributed by atoms with E-state index in [1.165, 1.54) is 22.5 Å². The zero-order valence-electron chi connectivity index (χ0n) is 18.5. The minimum atomic E-state index is -0.143. The molecule has 0 spiro atoms. The van der Waals surface area contributed by atoms with E-state index < -0.39 is 0 Å². The molecule has 7 heteroatoms. The van der Waals surface area contributed by atoms with Crippen molar-refractivity contribution < 1.29 is 9.59 Å². The zero-order chi connectivity index (χ0) is 22.6. The van der Waals surface area contributed by atoms with Crippen molar-refractivity contribution in [1.82, 2.24) is 14.4 Å². The molecule has 1 aliphatic carbocycles. The molecule has 1 aliphatic heterocycles. The molecule has 0 saturated carbocycles. The van der Waals surface area contributed by atoms with Crippen LogP contribution in [0.1, 0.15) is 34.6 Å². The van der Waals surface area contributed by atoms with Crippen LogP contribution in [0, 0.1) is 5.92 Å². The van der Waals surface area contributed by atoms with Gasteiger partial charge in [0.2, 0.25) is 5.91 Å². The molecule has 0 saturated heterocycles. The molecule has 2 atom stereocenters. The average Bonchev–Trinajstić information content (AvgIpc) is 3.39. The van der Waals surface area contributed by atoms with Crippen molar-refractivity contribution in [1.29, 1.82) is 0 Å². The second kappa shape index (κ2) is 8.28. The molecule has 0 bridgehead atoms. The number of rotatable bonds is 4. The van der Waals surface area contributed by atoms with Crippen LogP contribution in [0.4, 0.5) is 0 Å². The molecule has 3 heterocycles. The van der Waals surface area contributed by atoms with Crippen molar-refractivity contribution in [3.8, 4) is 0 Å². The zero-order valence-corrected chi connectivity index (χ0v) is 20.9. The van der Waals surface area contributed by atoms with Crippen LogP contribution in [0.15, 0.2) is 46.4 Å². The highest BCUT2D eigenvalue weighted by Crippen LogP contribution is 2.42. The first-order valence-electron chi connectivity index (χ1n) is 11.1. The maximum atomic E-state index is 13.3. The molecule has 2 aromatic heterocycles. The molecule has 5 nitrogen and oxygen atoms in total. The van der Waals surface area contributed by atoms with E-state index in [9.17, 15) is 9.59 Å². The lowest BCUT2D eigenvalue weighted by molar-refractivity contribution is -0.134. The molecule has 0 unspecified atom stereocenters. The number of nitrogens with zero attached hydrogens (tertiary/aromatic N) is 3. The van der Waals surface area contributed by atoms with Gasteiger partial charge >= 0.3 is 0 Å². The van der Waals surface area contributed by atoms with Gasteiger partial charge in [0.15, 0.2) is 0 Å². The number of hydrogen-bond acceptors (Lipinski definition) is 4. The van der Waals surface area contributed by atoms with E-state index in [1.54, 1.807) is 4.57 Å². The Bertz CT molecular complexity index is 1250. The third-order valence-electron chi connectivity index (χ3n) is 6.78. The number of amides is 1. The van der Waals surface area contributed by atoms with E-state index in [-0.39, 0.29) is 23.8 Å². The monoisotopic (exact) mass is 511 g/mol. The van der Waals surface area contributed by atoms with Gasteiger partial charge in [-0.1, -0.05) is 18.2 Å². The molecule has 166 valence electrons. The number of halogens is 1. The van der Waals surface area contributed by atoms with Crippen LogP contribution in [0.3, 0.4) is 0 Å². The summed E-state index contributed by atoms with van der Waals surface area (Å²) in [4.78, 5) is 31.3. The Morgan fingerprint density at radius 3 is 2.66 bits per heavy atom. The number of likely N-dealkylation sites (N-methyl/N-ethyl adjacent to an activating group) is 1. The Morgan fingerprint density at radius 2 is 1.97 bits per heavy atom. The molecule has 0 N–H and O–H groups in total. The molecular formula is C25H26BrN3O2S. The molecule has 3 aromatic rings. The smallest absolute Gasteiger partial charge is 0.272 e. The van der Waals surface area contributed by atoms with Crippen LogP contribution in [0.2, 0.25) is 0 Å². The molecule has 0 fully saturated rings. The van der Waals surface area contributed by atoms with Crippen molar-refractivity contribution in [2.75, 3.05) is 26.7 Å². The van der Waals surface area contributed by atoms with E-state index in [1.807, 2.05) is 49.2 Å². The summed E-state index contributed by atoms with van der Waals surface area (Å²) in [6.45, 7) is 6.24. The molecular weight excluding hydrogens is 486 g/mol. The molecule has 0 radical (unpaired) electrons. The summed E-state index contributed by atoms with van der Waals surface area (Å²) >= 11 is 4.91. The van der Waals surface area contributed by atoms with E-state index >= 15 is 0 Å². The number of benzene rings is 1. The number of carbonyl (C=O) groups excluding carboxylic acids is 2. The highest BCUT2D eigenvalue weighted by Gasteiger charge is 2.37. The molecule has 2 aliphatic rings. The van der Waals surface area contributed by atoms with Crippen molar-refractivity contribution in [3.05, 3.63) is 62.4 Å². The van der Waals surface area contributed by atoms with Gasteiger partial charge in [0.05, 0.1) is 20.1 Å². The van der Waals surface area contributed by atoms with Crippen molar-refractivity contribution >= 4 is 55.6 Å². The number of aromatic nitrogens is 1. The van der Waals surface area contributed by atoms with E-state index in [4.69, 9.17) is 0 Å². The maximum absolute atomic E-state index is 13.3. The van der Waals surface area contributed by atoms with Gasteiger partial charge in [0.1, 0.15) is 0 Å². The van der Waals surface area contributed by atoms with Gasteiger partial charge in [-0.15, -0.1) is 11.3 Å². The minimum absolute atomic E-state index is 0.00380. The van der Waals surface area contributed by atoms with E-state index in [2.05, 4.69) is 40.0 Å². The Morgan fingerprint density at radius 1 is 1.19 bits per heavy atom. The van der Waals surface area contributed by atoms with Crippen molar-refractivity contribution in [2.24, 2.45) is 5.92 Å². The van der Waals surface area contributed by atoms with Gasteiger partial charge in [-0.25, -0.2) is 0 Å². The fourth-order valence-electron chi connectivity index (χ4n) is 5.20. The van der Waals surface area contributed by atoms with Crippen molar-refractivity contribution in [3.63, 3.8) is 0 Å². The highest BCUT2D eigenvalue weighted by atomic mass is 79.9. The van der Waals surface area contributed by atoms with Crippen LogP contribution in [0.5, 0.6) is 0 Å². The number of thiophene rings is 1. The van der Waals surface area contributed by atoms with Gasteiger partial charge < -0.3 is 4.90 Å². The van der Waals surface area contributed by atoms with Crippen LogP contribution in [0.25, 0.3) is 16.5 Å². The van der Waals surface area contributed by atoms with Gasteiger partial charge in [-0.3, -0.25) is 19.1 Å². The lowest BCUT2D eigenvalue weighted by Crippen LogP contribution is -2.47. The average molecular weight is 512 g/mol. The Kier molecular flexibility index (Phi) is 5.60. The summed E-state index contributed by atoms with van der Waals surface area (Å²) in [7, 11) is 2.11. The number of fused-ring (bicyclic) bond motifs is 2. The standard InChI is InChI=1S/C25H26BrN3O2S/c1-4-28(5-2)24(30)16-11-18-17-7-6-8-19-23(17)15(12-20(18)27(3)13-16)14-29(19)25(31)21-9-10-22(26)32-21/h6-11,14,16,20H,4-5,12-13H2,1-3H3/t16-,20-/m1/s1. The van der Waals surface area contributed by atoms with Gasteiger partial charge in [0.25, 0.3) is 5.91 Å². The Hall–Kier alpha value is -2.22. The van der Waals surface area contributed by atoms with Gasteiger partial charge in [0, 0.05) is 37.3 Å². The summed E-state index contributed by atoms with van der Waals surface area (Å²) in [5, 5.41) is 1.14. The maximum Gasteiger partial charge on any atom is 0.272 e. The lowest BCUT2D eigenvalue weighted by atomic mass is 9.79. The summed E-state index contributed by atoms with van der Waals surface area (Å²) in [6, 6.07) is 10.2. The SMILES string of the molecule is CCN(CC)C(=O)[C@@H]1C=C2c3cccc4c3c(cn4C(=O)c3ccc(Br)s3)C[C@H]2N(C)C1. The molecule has 1 aromatic carbocycles. The summed E-state index contributed by atoms with van der Waals surface area (Å²) in [6.07, 6.45) is 5.05. The van der Waals surface area contributed by atoms with Gasteiger partial charge in [-0.2, -0.15) is 0 Å². The van der Waals surface area contributed by atoms with E-state index in [0.29, 0.717) is 4.88 Å². The Balaban J connectivity index is 1.61. The first-order valence-corrected chi connectivity index (χ1v) is 12.7. The second-order valence-corrected chi connectivity index (χ2v) is 11.0. The molecule has 5 rings (SSSR count). The van der Waals surface area contributed by atoms with E-state index in [0.717, 1.165) is 46.3 Å². The van der Waals surface area contributed by atoms with Crippen LogP contribution in [-0.2, 0) is 11.2 Å². The predicted octanol–water partition coefficient (Wildman–Crippen LogP) is 4.89. The van der Waals surface area contributed by atoms with Gasteiger partial charge in [-0.05, 0) is 78.1 Å². The fourth-order valence-corrected chi connectivity index (χ4v) is 6.52. The van der Waals surface area contributed by atoms with Crippen LogP contribution >= 0.6 is 27.3 Å². The largest absolute Gasteiger partial charge is 0.343 e. The third kappa shape index (κ3) is 3.38. The first-order chi connectivity index (χ1) is 15.4. The quantitative estimate of drug-likeness (QED) is 0.500.